The summed E-state index contributed by atoms with van der Waals surface area (Å²) in [5, 5.41) is 12.0. The molecule has 2 rings (SSSR count). The highest BCUT2D eigenvalue weighted by atomic mass is 16.4. The molecular weight excluding hydrogens is 332 g/mol. The third-order valence-electron chi connectivity index (χ3n) is 4.62. The molecule has 0 aromatic heterocycles. The van der Waals surface area contributed by atoms with E-state index in [-0.39, 0.29) is 24.2 Å². The van der Waals surface area contributed by atoms with Gasteiger partial charge in [-0.15, -0.1) is 0 Å². The summed E-state index contributed by atoms with van der Waals surface area (Å²) in [6.45, 7) is 6.67. The fourth-order valence-electron chi connectivity index (χ4n) is 3.25. The van der Waals surface area contributed by atoms with Crippen LogP contribution < -0.4 is 5.32 Å². The lowest BCUT2D eigenvalue weighted by Gasteiger charge is -2.36. The van der Waals surface area contributed by atoms with Crippen LogP contribution in [0.3, 0.4) is 0 Å². The number of hydrogen-bond acceptors (Lipinski definition) is 3. The average molecular weight is 360 g/mol. The number of benzene rings is 1. The van der Waals surface area contributed by atoms with E-state index in [0.29, 0.717) is 19.5 Å². The second-order valence-electron chi connectivity index (χ2n) is 7.91. The summed E-state index contributed by atoms with van der Waals surface area (Å²) in [5.74, 6) is -1.42. The number of aliphatic carboxylic acids is 1. The first-order valence-corrected chi connectivity index (χ1v) is 9.05. The van der Waals surface area contributed by atoms with Crippen LogP contribution in [-0.4, -0.2) is 40.9 Å². The van der Waals surface area contributed by atoms with Gasteiger partial charge < -0.3 is 15.3 Å². The molecule has 142 valence electrons. The van der Waals surface area contributed by atoms with Crippen LogP contribution in [0.25, 0.3) is 0 Å². The van der Waals surface area contributed by atoms with Crippen LogP contribution >= 0.6 is 0 Å². The molecular formula is C20H28N2O4. The maximum atomic E-state index is 12.7. The highest BCUT2D eigenvalue weighted by Crippen LogP contribution is 2.25. The molecule has 0 spiro atoms. The van der Waals surface area contributed by atoms with Crippen molar-refractivity contribution in [2.45, 2.75) is 46.1 Å². The Labute approximate surface area is 154 Å². The van der Waals surface area contributed by atoms with Gasteiger partial charge in [0.25, 0.3) is 0 Å². The number of carbonyl (C=O) groups excluding carboxylic acids is 2. The molecule has 1 aliphatic rings. The molecule has 26 heavy (non-hydrogen) atoms. The minimum absolute atomic E-state index is 0.0418. The Hall–Kier alpha value is -2.37. The Kier molecular flexibility index (Phi) is 6.40. The number of hydrogen-bond donors (Lipinski definition) is 2. The van der Waals surface area contributed by atoms with Crippen molar-refractivity contribution in [2.24, 2.45) is 11.3 Å². The van der Waals surface area contributed by atoms with E-state index in [1.807, 2.05) is 51.1 Å². The molecule has 1 aromatic rings. The van der Waals surface area contributed by atoms with Gasteiger partial charge in [0.05, 0.1) is 18.4 Å². The monoisotopic (exact) mass is 360 g/mol. The van der Waals surface area contributed by atoms with Crippen LogP contribution in [0.4, 0.5) is 0 Å². The highest BCUT2D eigenvalue weighted by Gasteiger charge is 2.34. The zero-order chi connectivity index (χ0) is 19.3. The Morgan fingerprint density at radius 2 is 1.88 bits per heavy atom. The lowest BCUT2D eigenvalue weighted by molar-refractivity contribution is -0.142. The van der Waals surface area contributed by atoms with Gasteiger partial charge in [-0.3, -0.25) is 14.4 Å². The van der Waals surface area contributed by atoms with Crippen molar-refractivity contribution in [3.05, 3.63) is 35.9 Å². The van der Waals surface area contributed by atoms with E-state index < -0.39 is 17.4 Å². The molecule has 0 radical (unpaired) electrons. The number of piperidine rings is 1. The smallest absolute Gasteiger partial charge is 0.305 e. The molecule has 2 atom stereocenters. The number of carbonyl (C=O) groups is 3. The topological polar surface area (TPSA) is 86.7 Å². The van der Waals surface area contributed by atoms with E-state index in [1.165, 1.54) is 0 Å². The fourth-order valence-corrected chi connectivity index (χ4v) is 3.25. The third kappa shape index (κ3) is 5.31. The minimum Gasteiger partial charge on any atom is -0.481 e. The van der Waals surface area contributed by atoms with Gasteiger partial charge in [-0.2, -0.15) is 0 Å². The maximum Gasteiger partial charge on any atom is 0.305 e. The molecule has 1 aliphatic heterocycles. The van der Waals surface area contributed by atoms with Crippen LogP contribution in [0.5, 0.6) is 0 Å². The van der Waals surface area contributed by atoms with Gasteiger partial charge in [-0.1, -0.05) is 51.1 Å². The molecule has 2 N–H and O–H groups in total. The van der Waals surface area contributed by atoms with Gasteiger partial charge in [-0.05, 0) is 18.4 Å². The number of nitrogens with zero attached hydrogens (tertiary/aromatic N) is 1. The number of rotatable bonds is 5. The van der Waals surface area contributed by atoms with Crippen molar-refractivity contribution in [2.75, 3.05) is 13.1 Å². The second kappa shape index (κ2) is 8.34. The van der Waals surface area contributed by atoms with Crippen molar-refractivity contribution in [3.63, 3.8) is 0 Å². The number of likely N-dealkylation sites (tertiary alicyclic amines) is 1. The van der Waals surface area contributed by atoms with E-state index in [9.17, 15) is 14.4 Å². The summed E-state index contributed by atoms with van der Waals surface area (Å²) < 4.78 is 0. The van der Waals surface area contributed by atoms with Crippen LogP contribution in [-0.2, 0) is 14.4 Å². The predicted molar refractivity (Wildman–Crippen MR) is 98.3 cm³/mol. The zero-order valence-electron chi connectivity index (χ0n) is 15.7. The standard InChI is InChI=1S/C20H28N2O4/c1-20(2,3)19(26)22-11-7-10-15(13-22)18(25)21-16(12-17(23)24)14-8-5-4-6-9-14/h4-6,8-9,15-16H,7,10-13H2,1-3H3,(H,21,25)(H,23,24). The summed E-state index contributed by atoms with van der Waals surface area (Å²) >= 11 is 0. The minimum atomic E-state index is -0.965. The second-order valence-corrected chi connectivity index (χ2v) is 7.91. The van der Waals surface area contributed by atoms with Gasteiger partial charge in [0.2, 0.25) is 11.8 Å². The molecule has 0 saturated carbocycles. The molecule has 6 nitrogen and oxygen atoms in total. The molecule has 2 unspecified atom stereocenters. The number of carboxylic acid groups (broad SMARTS) is 1. The van der Waals surface area contributed by atoms with Crippen LogP contribution in [0.15, 0.2) is 30.3 Å². The largest absolute Gasteiger partial charge is 0.481 e. The van der Waals surface area contributed by atoms with Crippen molar-refractivity contribution in [3.8, 4) is 0 Å². The van der Waals surface area contributed by atoms with Gasteiger partial charge in [-0.25, -0.2) is 0 Å². The summed E-state index contributed by atoms with van der Waals surface area (Å²) in [4.78, 5) is 38.2. The zero-order valence-corrected chi connectivity index (χ0v) is 15.7. The fraction of sp³-hybridized carbons (Fsp3) is 0.550. The number of carboxylic acids is 1. The Morgan fingerprint density at radius 1 is 1.23 bits per heavy atom. The summed E-state index contributed by atoms with van der Waals surface area (Å²) in [6, 6.07) is 8.53. The summed E-state index contributed by atoms with van der Waals surface area (Å²) in [6.07, 6.45) is 1.30. The van der Waals surface area contributed by atoms with Crippen molar-refractivity contribution in [1.29, 1.82) is 0 Å². The summed E-state index contributed by atoms with van der Waals surface area (Å²) in [7, 11) is 0. The van der Waals surface area contributed by atoms with E-state index in [4.69, 9.17) is 5.11 Å². The van der Waals surface area contributed by atoms with Crippen molar-refractivity contribution in [1.82, 2.24) is 10.2 Å². The molecule has 0 aliphatic carbocycles. The molecule has 1 heterocycles. The van der Waals surface area contributed by atoms with Gasteiger partial charge >= 0.3 is 5.97 Å². The quantitative estimate of drug-likeness (QED) is 0.845. The van der Waals surface area contributed by atoms with Crippen LogP contribution in [0.1, 0.15) is 51.6 Å². The normalized spacial score (nSPS) is 18.9. The third-order valence-corrected chi connectivity index (χ3v) is 4.62. The Balaban J connectivity index is 2.06. The first-order chi connectivity index (χ1) is 12.2. The number of amides is 2. The van der Waals surface area contributed by atoms with Crippen LogP contribution in [0.2, 0.25) is 0 Å². The van der Waals surface area contributed by atoms with Crippen molar-refractivity contribution < 1.29 is 19.5 Å². The SMILES string of the molecule is CC(C)(C)C(=O)N1CCCC(C(=O)NC(CC(=O)O)c2ccccc2)C1. The lowest BCUT2D eigenvalue weighted by Crippen LogP contribution is -2.49. The molecule has 0 bridgehead atoms. The molecule has 1 saturated heterocycles. The molecule has 6 heteroatoms. The van der Waals surface area contributed by atoms with Gasteiger partial charge in [0.15, 0.2) is 0 Å². The first kappa shape index (κ1) is 19.9. The van der Waals surface area contributed by atoms with Crippen molar-refractivity contribution >= 4 is 17.8 Å². The van der Waals surface area contributed by atoms with E-state index in [1.54, 1.807) is 4.90 Å². The molecule has 2 amide bonds. The van der Waals surface area contributed by atoms with Gasteiger partial charge in [0, 0.05) is 18.5 Å². The van der Waals surface area contributed by atoms with E-state index in [2.05, 4.69) is 5.32 Å². The van der Waals surface area contributed by atoms with E-state index >= 15 is 0 Å². The Bertz CT molecular complexity index is 652. The van der Waals surface area contributed by atoms with Gasteiger partial charge in [0.1, 0.15) is 0 Å². The summed E-state index contributed by atoms with van der Waals surface area (Å²) in [5.41, 5.74) is 0.288. The average Bonchev–Trinajstić information content (AvgIpc) is 2.60. The molecule has 1 fully saturated rings. The van der Waals surface area contributed by atoms with Crippen LogP contribution in [0, 0.1) is 11.3 Å². The molecule has 1 aromatic carbocycles. The van der Waals surface area contributed by atoms with E-state index in [0.717, 1.165) is 12.0 Å². The highest BCUT2D eigenvalue weighted by molar-refractivity contribution is 5.84. The Morgan fingerprint density at radius 3 is 2.46 bits per heavy atom. The lowest BCUT2D eigenvalue weighted by atomic mass is 9.90. The first-order valence-electron chi connectivity index (χ1n) is 9.05. The predicted octanol–water partition coefficient (Wildman–Crippen LogP) is 2.60. The number of nitrogens with one attached hydrogen (secondary N) is 1. The maximum absolute atomic E-state index is 12.7.